The Bertz CT molecular complexity index is 556. The quantitative estimate of drug-likeness (QED) is 0.888. The molecule has 0 aliphatic heterocycles. The van der Waals surface area contributed by atoms with Gasteiger partial charge in [0.05, 0.1) is 35.2 Å². The first-order valence-corrected chi connectivity index (χ1v) is 7.47. The maximum atomic E-state index is 12.5. The molecule has 2 aromatic heterocycles. The SMILES string of the molecule is CCCNc1cnccc1C(=O)N(C)Cc1cscn1. The highest BCUT2D eigenvalue weighted by Gasteiger charge is 2.16. The third-order valence-electron chi connectivity index (χ3n) is 2.85. The van der Waals surface area contributed by atoms with E-state index in [1.807, 2.05) is 5.38 Å². The van der Waals surface area contributed by atoms with Crippen LogP contribution in [0.1, 0.15) is 29.4 Å². The minimum absolute atomic E-state index is 0.0287. The first kappa shape index (κ1) is 14.5. The van der Waals surface area contributed by atoms with Gasteiger partial charge in [0.25, 0.3) is 5.91 Å². The number of anilines is 1. The molecule has 0 aliphatic carbocycles. The summed E-state index contributed by atoms with van der Waals surface area (Å²) in [6.07, 6.45) is 4.33. The molecular formula is C14H18N4OS. The van der Waals surface area contributed by atoms with Crippen LogP contribution in [0.3, 0.4) is 0 Å². The molecule has 6 heteroatoms. The Morgan fingerprint density at radius 1 is 1.50 bits per heavy atom. The topological polar surface area (TPSA) is 58.1 Å². The molecule has 5 nitrogen and oxygen atoms in total. The smallest absolute Gasteiger partial charge is 0.256 e. The Morgan fingerprint density at radius 2 is 2.35 bits per heavy atom. The van der Waals surface area contributed by atoms with Crippen molar-refractivity contribution < 1.29 is 4.79 Å². The molecule has 20 heavy (non-hydrogen) atoms. The fraction of sp³-hybridized carbons (Fsp3) is 0.357. The number of nitrogens with one attached hydrogen (secondary N) is 1. The fourth-order valence-electron chi connectivity index (χ4n) is 1.82. The van der Waals surface area contributed by atoms with Gasteiger partial charge in [0.2, 0.25) is 0 Å². The van der Waals surface area contributed by atoms with Gasteiger partial charge in [-0.2, -0.15) is 0 Å². The summed E-state index contributed by atoms with van der Waals surface area (Å²) in [5.41, 5.74) is 4.10. The van der Waals surface area contributed by atoms with Crippen molar-refractivity contribution in [1.82, 2.24) is 14.9 Å². The summed E-state index contributed by atoms with van der Waals surface area (Å²) >= 11 is 1.53. The molecule has 0 radical (unpaired) electrons. The number of hydrogen-bond acceptors (Lipinski definition) is 5. The van der Waals surface area contributed by atoms with Crippen LogP contribution >= 0.6 is 11.3 Å². The molecule has 2 heterocycles. The van der Waals surface area contributed by atoms with Gasteiger partial charge in [0.15, 0.2) is 0 Å². The Balaban J connectivity index is 2.11. The van der Waals surface area contributed by atoms with Gasteiger partial charge in [-0.15, -0.1) is 11.3 Å². The maximum Gasteiger partial charge on any atom is 0.256 e. The first-order chi connectivity index (χ1) is 9.72. The molecule has 0 unspecified atom stereocenters. The predicted molar refractivity (Wildman–Crippen MR) is 80.9 cm³/mol. The highest BCUT2D eigenvalue weighted by Crippen LogP contribution is 2.16. The lowest BCUT2D eigenvalue weighted by molar-refractivity contribution is 0.0784. The number of nitrogens with zero attached hydrogens (tertiary/aromatic N) is 3. The van der Waals surface area contributed by atoms with Crippen LogP contribution in [0.25, 0.3) is 0 Å². The zero-order valence-electron chi connectivity index (χ0n) is 11.7. The van der Waals surface area contributed by atoms with Crippen LogP contribution in [0.2, 0.25) is 0 Å². The molecule has 0 spiro atoms. The molecule has 0 saturated carbocycles. The molecule has 2 aromatic rings. The van der Waals surface area contributed by atoms with E-state index in [0.29, 0.717) is 12.1 Å². The van der Waals surface area contributed by atoms with Crippen LogP contribution in [0.15, 0.2) is 29.4 Å². The monoisotopic (exact) mass is 290 g/mol. The second kappa shape index (κ2) is 7.00. The lowest BCUT2D eigenvalue weighted by Gasteiger charge is -2.18. The van der Waals surface area contributed by atoms with Crippen molar-refractivity contribution in [3.05, 3.63) is 40.6 Å². The van der Waals surface area contributed by atoms with Crippen molar-refractivity contribution in [2.75, 3.05) is 18.9 Å². The van der Waals surface area contributed by atoms with Crippen molar-refractivity contribution in [1.29, 1.82) is 0 Å². The lowest BCUT2D eigenvalue weighted by atomic mass is 10.2. The summed E-state index contributed by atoms with van der Waals surface area (Å²) in [6, 6.07) is 1.75. The predicted octanol–water partition coefficient (Wildman–Crippen LogP) is 2.63. The van der Waals surface area contributed by atoms with Crippen molar-refractivity contribution in [3.8, 4) is 0 Å². The van der Waals surface area contributed by atoms with Gasteiger partial charge >= 0.3 is 0 Å². The molecular weight excluding hydrogens is 272 g/mol. The largest absolute Gasteiger partial charge is 0.383 e. The van der Waals surface area contributed by atoms with Crippen LogP contribution in [-0.4, -0.2) is 34.4 Å². The number of pyridine rings is 1. The second-order valence-corrected chi connectivity index (χ2v) is 5.21. The first-order valence-electron chi connectivity index (χ1n) is 6.52. The third-order valence-corrected chi connectivity index (χ3v) is 3.48. The Kier molecular flexibility index (Phi) is 5.06. The molecule has 0 aromatic carbocycles. The van der Waals surface area contributed by atoms with Gasteiger partial charge in [-0.1, -0.05) is 6.92 Å². The van der Waals surface area contributed by atoms with E-state index >= 15 is 0 Å². The van der Waals surface area contributed by atoms with Crippen molar-refractivity contribution in [2.45, 2.75) is 19.9 Å². The van der Waals surface area contributed by atoms with E-state index in [-0.39, 0.29) is 5.91 Å². The number of carbonyl (C=O) groups is 1. The molecule has 0 aliphatic rings. The number of amides is 1. The van der Waals surface area contributed by atoms with Crippen LogP contribution in [-0.2, 0) is 6.54 Å². The summed E-state index contributed by atoms with van der Waals surface area (Å²) in [5.74, 6) is -0.0287. The summed E-state index contributed by atoms with van der Waals surface area (Å²) in [6.45, 7) is 3.42. The number of thiazole rings is 1. The van der Waals surface area contributed by atoms with Gasteiger partial charge < -0.3 is 10.2 Å². The summed E-state index contributed by atoms with van der Waals surface area (Å²) < 4.78 is 0. The van der Waals surface area contributed by atoms with Gasteiger partial charge in [-0.3, -0.25) is 9.78 Å². The minimum atomic E-state index is -0.0287. The van der Waals surface area contributed by atoms with Crippen LogP contribution in [0.5, 0.6) is 0 Å². The molecule has 0 fully saturated rings. The number of aromatic nitrogens is 2. The third kappa shape index (κ3) is 3.54. The molecule has 0 bridgehead atoms. The van der Waals surface area contributed by atoms with E-state index in [0.717, 1.165) is 24.3 Å². The van der Waals surface area contributed by atoms with Gasteiger partial charge in [0, 0.05) is 25.2 Å². The molecule has 0 saturated heterocycles. The lowest BCUT2D eigenvalue weighted by Crippen LogP contribution is -2.27. The molecule has 1 amide bonds. The van der Waals surface area contributed by atoms with E-state index in [1.54, 1.807) is 35.9 Å². The van der Waals surface area contributed by atoms with E-state index in [2.05, 4.69) is 22.2 Å². The highest BCUT2D eigenvalue weighted by atomic mass is 32.1. The van der Waals surface area contributed by atoms with Gasteiger partial charge in [-0.25, -0.2) is 4.98 Å². The highest BCUT2D eigenvalue weighted by molar-refractivity contribution is 7.07. The van der Waals surface area contributed by atoms with E-state index in [9.17, 15) is 4.79 Å². The Morgan fingerprint density at radius 3 is 3.05 bits per heavy atom. The average molecular weight is 290 g/mol. The van der Waals surface area contributed by atoms with Gasteiger partial charge in [0.1, 0.15) is 0 Å². The summed E-state index contributed by atoms with van der Waals surface area (Å²) in [5, 5.41) is 5.18. The van der Waals surface area contributed by atoms with Crippen LogP contribution < -0.4 is 5.32 Å². The molecule has 1 N–H and O–H groups in total. The van der Waals surface area contributed by atoms with Crippen LogP contribution in [0, 0.1) is 0 Å². The normalized spacial score (nSPS) is 10.3. The second-order valence-electron chi connectivity index (χ2n) is 4.49. The number of hydrogen-bond donors (Lipinski definition) is 1. The Labute approximate surface area is 122 Å². The van der Waals surface area contributed by atoms with Crippen molar-refractivity contribution >= 4 is 22.9 Å². The number of carbonyl (C=O) groups excluding carboxylic acids is 1. The van der Waals surface area contributed by atoms with Crippen molar-refractivity contribution in [3.63, 3.8) is 0 Å². The number of rotatable bonds is 6. The van der Waals surface area contributed by atoms with Crippen LogP contribution in [0.4, 0.5) is 5.69 Å². The van der Waals surface area contributed by atoms with E-state index in [1.165, 1.54) is 11.3 Å². The zero-order chi connectivity index (χ0) is 14.4. The van der Waals surface area contributed by atoms with E-state index < -0.39 is 0 Å². The average Bonchev–Trinajstić information content (AvgIpc) is 2.97. The van der Waals surface area contributed by atoms with Crippen molar-refractivity contribution in [2.24, 2.45) is 0 Å². The summed E-state index contributed by atoms with van der Waals surface area (Å²) in [4.78, 5) is 22.4. The maximum absolute atomic E-state index is 12.5. The van der Waals surface area contributed by atoms with Gasteiger partial charge in [-0.05, 0) is 12.5 Å². The Hall–Kier alpha value is -1.95. The summed E-state index contributed by atoms with van der Waals surface area (Å²) in [7, 11) is 1.78. The fourth-order valence-corrected chi connectivity index (χ4v) is 2.37. The molecule has 106 valence electrons. The molecule has 2 rings (SSSR count). The minimum Gasteiger partial charge on any atom is -0.383 e. The van der Waals surface area contributed by atoms with E-state index in [4.69, 9.17) is 0 Å². The zero-order valence-corrected chi connectivity index (χ0v) is 12.5. The standard InChI is InChI=1S/C14H18N4OS/c1-3-5-16-13-7-15-6-4-12(13)14(19)18(2)8-11-9-20-10-17-11/h4,6-7,9-10,16H,3,5,8H2,1-2H3. The molecule has 0 atom stereocenters.